The third kappa shape index (κ3) is 1.61. The third-order valence-corrected chi connectivity index (χ3v) is 5.68. The molecule has 0 spiro atoms. The molecule has 0 aliphatic rings. The lowest BCUT2D eigenvalue weighted by atomic mass is 9.97. The highest BCUT2D eigenvalue weighted by Gasteiger charge is 2.19. The van der Waals surface area contributed by atoms with Crippen LogP contribution in [0, 0.1) is 0 Å². The van der Waals surface area contributed by atoms with E-state index in [0.717, 1.165) is 65.4 Å². The van der Waals surface area contributed by atoms with Gasteiger partial charge in [0.15, 0.2) is 0 Å². The number of pyridine rings is 4. The normalized spacial score (nSPS) is 12.3. The van der Waals surface area contributed by atoms with E-state index >= 15 is 0 Å². The third-order valence-electron chi connectivity index (χ3n) is 5.68. The van der Waals surface area contributed by atoms with Crippen LogP contribution in [0.1, 0.15) is 0 Å². The van der Waals surface area contributed by atoms with Crippen LogP contribution in [0.2, 0.25) is 0 Å². The van der Waals surface area contributed by atoms with Gasteiger partial charge >= 0.3 is 0 Å². The van der Waals surface area contributed by atoms with Crippen LogP contribution in [-0.4, -0.2) is 19.9 Å². The van der Waals surface area contributed by atoms with Crippen LogP contribution in [0.4, 0.5) is 0 Å². The summed E-state index contributed by atoms with van der Waals surface area (Å²) in [4.78, 5) is 19.5. The van der Waals surface area contributed by atoms with Crippen molar-refractivity contribution in [2.45, 2.75) is 0 Å². The standard InChI is InChI=1S/C24H12N4/c1-3-7-17-13(5-1)15-9-11-25-21-19(15)23(27-17)22-20-16(10-12-26-22)14-6-2-4-8-18(14)28-24(20)21/h1-12H. The maximum Gasteiger partial charge on any atom is 0.100 e. The zero-order valence-electron chi connectivity index (χ0n) is 14.7. The zero-order valence-corrected chi connectivity index (χ0v) is 14.7. The van der Waals surface area contributed by atoms with Gasteiger partial charge in [-0.05, 0) is 35.0 Å². The molecule has 3 aromatic carbocycles. The molecule has 0 unspecified atom stereocenters. The Morgan fingerprint density at radius 3 is 1.39 bits per heavy atom. The molecule has 4 heteroatoms. The molecule has 0 aliphatic heterocycles. The lowest BCUT2D eigenvalue weighted by Crippen LogP contribution is -1.96. The van der Waals surface area contributed by atoms with Crippen LogP contribution in [0.25, 0.3) is 65.4 Å². The summed E-state index contributed by atoms with van der Waals surface area (Å²) in [6.07, 6.45) is 3.75. The van der Waals surface area contributed by atoms with E-state index in [1.165, 1.54) is 0 Å². The molecule has 0 saturated heterocycles. The van der Waals surface area contributed by atoms with Crippen molar-refractivity contribution in [3.63, 3.8) is 0 Å². The molecule has 128 valence electrons. The van der Waals surface area contributed by atoms with Crippen LogP contribution in [-0.2, 0) is 0 Å². The summed E-state index contributed by atoms with van der Waals surface area (Å²) in [7, 11) is 0. The topological polar surface area (TPSA) is 51.6 Å². The maximum absolute atomic E-state index is 5.01. The molecule has 0 atom stereocenters. The summed E-state index contributed by atoms with van der Waals surface area (Å²) in [6.45, 7) is 0. The van der Waals surface area contributed by atoms with Crippen molar-refractivity contribution in [3.05, 3.63) is 73.1 Å². The lowest BCUT2D eigenvalue weighted by Gasteiger charge is -2.14. The van der Waals surface area contributed by atoms with E-state index in [1.54, 1.807) is 0 Å². The monoisotopic (exact) mass is 356 g/mol. The summed E-state index contributed by atoms with van der Waals surface area (Å²) in [5.74, 6) is 0. The molecule has 0 saturated carbocycles. The van der Waals surface area contributed by atoms with Gasteiger partial charge in [0, 0.05) is 33.9 Å². The highest BCUT2D eigenvalue weighted by Crippen LogP contribution is 2.40. The Labute approximate surface area is 158 Å². The van der Waals surface area contributed by atoms with Gasteiger partial charge in [0.05, 0.1) is 22.1 Å². The van der Waals surface area contributed by atoms with Crippen LogP contribution in [0.5, 0.6) is 0 Å². The smallest absolute Gasteiger partial charge is 0.100 e. The van der Waals surface area contributed by atoms with E-state index in [4.69, 9.17) is 19.9 Å². The molecule has 7 aromatic rings. The molecule has 0 amide bonds. The number of benzene rings is 3. The minimum absolute atomic E-state index is 0.891. The Bertz CT molecular complexity index is 1590. The SMILES string of the molecule is c1ccc2c(c1)nc1c3nccc4c5ccccc5nc(c5nccc2c51)c43. The molecule has 0 aliphatic carbocycles. The molecule has 7 rings (SSSR count). The second-order valence-corrected chi connectivity index (χ2v) is 7.12. The highest BCUT2D eigenvalue weighted by atomic mass is 14.8. The average Bonchev–Trinajstić information content (AvgIpc) is 2.77. The fourth-order valence-electron chi connectivity index (χ4n) is 4.50. The summed E-state index contributed by atoms with van der Waals surface area (Å²) in [6, 6.07) is 20.6. The van der Waals surface area contributed by atoms with Crippen molar-refractivity contribution in [1.29, 1.82) is 0 Å². The van der Waals surface area contributed by atoms with Crippen molar-refractivity contribution in [2.24, 2.45) is 0 Å². The first kappa shape index (κ1) is 14.2. The van der Waals surface area contributed by atoms with Gasteiger partial charge in [-0.15, -0.1) is 0 Å². The largest absolute Gasteiger partial charge is 0.254 e. The van der Waals surface area contributed by atoms with Crippen molar-refractivity contribution in [3.8, 4) is 0 Å². The predicted molar refractivity (Wildman–Crippen MR) is 114 cm³/mol. The van der Waals surface area contributed by atoms with Crippen LogP contribution in [0.3, 0.4) is 0 Å². The number of nitrogens with zero attached hydrogens (tertiary/aromatic N) is 4. The van der Waals surface area contributed by atoms with Gasteiger partial charge in [0.1, 0.15) is 11.0 Å². The van der Waals surface area contributed by atoms with Gasteiger partial charge in [0.25, 0.3) is 0 Å². The Hall–Kier alpha value is -3.92. The Morgan fingerprint density at radius 2 is 0.893 bits per heavy atom. The molecule has 0 radical (unpaired) electrons. The first-order chi connectivity index (χ1) is 13.9. The van der Waals surface area contributed by atoms with E-state index < -0.39 is 0 Å². The van der Waals surface area contributed by atoms with E-state index in [1.807, 2.05) is 36.7 Å². The number of aromatic nitrogens is 4. The van der Waals surface area contributed by atoms with Gasteiger partial charge in [-0.1, -0.05) is 36.4 Å². The second-order valence-electron chi connectivity index (χ2n) is 7.12. The van der Waals surface area contributed by atoms with Crippen LogP contribution in [0.15, 0.2) is 73.1 Å². The quantitative estimate of drug-likeness (QED) is 0.261. The molecule has 0 bridgehead atoms. The van der Waals surface area contributed by atoms with Crippen molar-refractivity contribution in [1.82, 2.24) is 19.9 Å². The number of fused-ring (bicyclic) bond motifs is 6. The molecule has 28 heavy (non-hydrogen) atoms. The molecule has 0 fully saturated rings. The number of rotatable bonds is 0. The number of hydrogen-bond acceptors (Lipinski definition) is 4. The molecule has 4 aromatic heterocycles. The average molecular weight is 356 g/mol. The Morgan fingerprint density at radius 1 is 0.429 bits per heavy atom. The number of hydrogen-bond donors (Lipinski definition) is 0. The van der Waals surface area contributed by atoms with E-state index in [2.05, 4.69) is 36.4 Å². The number of para-hydroxylation sites is 2. The summed E-state index contributed by atoms with van der Waals surface area (Å²) in [5, 5.41) is 6.62. The maximum atomic E-state index is 5.01. The van der Waals surface area contributed by atoms with Gasteiger partial charge in [-0.3, -0.25) is 9.97 Å². The van der Waals surface area contributed by atoms with Gasteiger partial charge in [0.2, 0.25) is 0 Å². The molecular weight excluding hydrogens is 344 g/mol. The zero-order chi connectivity index (χ0) is 18.2. The first-order valence-electron chi connectivity index (χ1n) is 9.26. The van der Waals surface area contributed by atoms with Crippen LogP contribution < -0.4 is 0 Å². The van der Waals surface area contributed by atoms with E-state index in [9.17, 15) is 0 Å². The minimum atomic E-state index is 0.891. The van der Waals surface area contributed by atoms with E-state index in [-0.39, 0.29) is 0 Å². The second kappa shape index (κ2) is 4.87. The first-order valence-corrected chi connectivity index (χ1v) is 9.26. The van der Waals surface area contributed by atoms with Gasteiger partial charge in [-0.2, -0.15) is 0 Å². The molecule has 4 nitrogen and oxygen atoms in total. The highest BCUT2D eigenvalue weighted by molar-refractivity contribution is 6.34. The lowest BCUT2D eigenvalue weighted by molar-refractivity contribution is 1.38. The van der Waals surface area contributed by atoms with Crippen molar-refractivity contribution < 1.29 is 0 Å². The molecule has 0 N–H and O–H groups in total. The Balaban J connectivity index is 1.92. The molecule has 4 heterocycles. The van der Waals surface area contributed by atoms with Crippen LogP contribution >= 0.6 is 0 Å². The van der Waals surface area contributed by atoms with Crippen molar-refractivity contribution >= 4 is 65.4 Å². The predicted octanol–water partition coefficient (Wildman–Crippen LogP) is 5.62. The summed E-state index contributed by atoms with van der Waals surface area (Å²) < 4.78 is 0. The fraction of sp³-hybridized carbons (Fsp3) is 0. The summed E-state index contributed by atoms with van der Waals surface area (Å²) >= 11 is 0. The van der Waals surface area contributed by atoms with Gasteiger partial charge in [-0.25, -0.2) is 9.97 Å². The van der Waals surface area contributed by atoms with E-state index in [0.29, 0.717) is 0 Å². The fourth-order valence-corrected chi connectivity index (χ4v) is 4.50. The minimum Gasteiger partial charge on any atom is -0.254 e. The Kier molecular flexibility index (Phi) is 2.46. The summed E-state index contributed by atoms with van der Waals surface area (Å²) in [5.41, 5.74) is 5.51. The molecular formula is C24H12N4. The van der Waals surface area contributed by atoms with Gasteiger partial charge < -0.3 is 0 Å². The van der Waals surface area contributed by atoms with Crippen molar-refractivity contribution in [2.75, 3.05) is 0 Å².